The molecule has 0 aromatic carbocycles. The van der Waals surface area contributed by atoms with E-state index in [1.54, 1.807) is 19.9 Å². The maximum absolute atomic E-state index is 12.5. The summed E-state index contributed by atoms with van der Waals surface area (Å²) in [6.07, 6.45) is 1.36. The third kappa shape index (κ3) is 4.14. The van der Waals surface area contributed by atoms with Crippen LogP contribution in [0, 0.1) is 6.92 Å². The standard InChI is InChI=1S/C16H19N5O4S/c1-3-25-15(23)13-10(2)19-16(26-13)20-14(22)11-8-12(18-9-17-11)21-4-6-24-7-5-21/h8-9H,3-7H2,1-2H3,(H,19,20,22). The van der Waals surface area contributed by atoms with E-state index >= 15 is 0 Å². The highest BCUT2D eigenvalue weighted by Crippen LogP contribution is 2.24. The predicted molar refractivity (Wildman–Crippen MR) is 95.8 cm³/mol. The summed E-state index contributed by atoms with van der Waals surface area (Å²) in [5, 5.41) is 3.00. The first-order chi connectivity index (χ1) is 12.6. The number of aromatic nitrogens is 3. The molecular formula is C16H19N5O4S. The first kappa shape index (κ1) is 18.2. The molecule has 1 fully saturated rings. The zero-order valence-electron chi connectivity index (χ0n) is 14.5. The molecule has 1 aliphatic heterocycles. The van der Waals surface area contributed by atoms with Gasteiger partial charge in [0.1, 0.15) is 22.7 Å². The Bertz CT molecular complexity index is 804. The number of aryl methyl sites for hydroxylation is 1. The number of carbonyl (C=O) groups is 2. The fourth-order valence-electron chi connectivity index (χ4n) is 2.43. The zero-order chi connectivity index (χ0) is 18.5. The van der Waals surface area contributed by atoms with Crippen molar-refractivity contribution < 1.29 is 19.1 Å². The number of anilines is 2. The van der Waals surface area contributed by atoms with Crippen LogP contribution in [-0.4, -0.2) is 59.7 Å². The van der Waals surface area contributed by atoms with E-state index < -0.39 is 11.9 Å². The molecule has 0 spiro atoms. The van der Waals surface area contributed by atoms with Crippen molar-refractivity contribution in [3.05, 3.63) is 28.7 Å². The molecule has 0 radical (unpaired) electrons. The van der Waals surface area contributed by atoms with Gasteiger partial charge in [0.2, 0.25) is 0 Å². The van der Waals surface area contributed by atoms with Crippen molar-refractivity contribution >= 4 is 34.2 Å². The van der Waals surface area contributed by atoms with Gasteiger partial charge >= 0.3 is 5.97 Å². The lowest BCUT2D eigenvalue weighted by molar-refractivity contribution is 0.0531. The number of rotatable bonds is 5. The molecule has 26 heavy (non-hydrogen) atoms. The summed E-state index contributed by atoms with van der Waals surface area (Å²) >= 11 is 1.07. The fourth-order valence-corrected chi connectivity index (χ4v) is 3.29. The van der Waals surface area contributed by atoms with Gasteiger partial charge in [-0.15, -0.1) is 0 Å². The van der Waals surface area contributed by atoms with Gasteiger partial charge < -0.3 is 14.4 Å². The van der Waals surface area contributed by atoms with Gasteiger partial charge in [0.05, 0.1) is 25.5 Å². The Kier molecular flexibility index (Phi) is 5.74. The van der Waals surface area contributed by atoms with E-state index in [2.05, 4.69) is 20.3 Å². The van der Waals surface area contributed by atoms with Crippen LogP contribution in [0.15, 0.2) is 12.4 Å². The summed E-state index contributed by atoms with van der Waals surface area (Å²) in [5.74, 6) is -0.179. The maximum Gasteiger partial charge on any atom is 0.350 e. The third-order valence-corrected chi connectivity index (χ3v) is 4.75. The number of ether oxygens (including phenoxy) is 2. The van der Waals surface area contributed by atoms with Gasteiger partial charge in [-0.25, -0.2) is 19.7 Å². The number of morpholine rings is 1. The number of thiazole rings is 1. The van der Waals surface area contributed by atoms with Crippen LogP contribution < -0.4 is 10.2 Å². The number of hydrogen-bond acceptors (Lipinski definition) is 9. The van der Waals surface area contributed by atoms with Crippen LogP contribution in [0.1, 0.15) is 32.8 Å². The molecule has 10 heteroatoms. The number of carbonyl (C=O) groups excluding carboxylic acids is 2. The van der Waals surface area contributed by atoms with Gasteiger partial charge in [-0.2, -0.15) is 0 Å². The molecule has 0 aliphatic carbocycles. The molecule has 0 atom stereocenters. The van der Waals surface area contributed by atoms with Crippen molar-refractivity contribution in [2.75, 3.05) is 43.1 Å². The van der Waals surface area contributed by atoms with Gasteiger partial charge in [-0.1, -0.05) is 11.3 Å². The van der Waals surface area contributed by atoms with E-state index in [1.165, 1.54) is 6.33 Å². The van der Waals surface area contributed by atoms with E-state index in [0.29, 0.717) is 47.8 Å². The van der Waals surface area contributed by atoms with Crippen molar-refractivity contribution in [2.24, 2.45) is 0 Å². The lowest BCUT2D eigenvalue weighted by Gasteiger charge is -2.27. The molecule has 3 heterocycles. The molecule has 1 saturated heterocycles. The van der Waals surface area contributed by atoms with E-state index in [4.69, 9.17) is 9.47 Å². The van der Waals surface area contributed by atoms with Crippen LogP contribution in [0.2, 0.25) is 0 Å². The van der Waals surface area contributed by atoms with Crippen LogP contribution in [-0.2, 0) is 9.47 Å². The zero-order valence-corrected chi connectivity index (χ0v) is 15.3. The molecule has 2 aromatic heterocycles. The van der Waals surface area contributed by atoms with Crippen molar-refractivity contribution in [3.63, 3.8) is 0 Å². The second kappa shape index (κ2) is 8.19. The van der Waals surface area contributed by atoms with Crippen LogP contribution in [0.4, 0.5) is 10.9 Å². The van der Waals surface area contributed by atoms with Crippen LogP contribution in [0.25, 0.3) is 0 Å². The molecule has 1 N–H and O–H groups in total. The highest BCUT2D eigenvalue weighted by atomic mass is 32.1. The predicted octanol–water partition coefficient (Wildman–Crippen LogP) is 1.51. The molecule has 138 valence electrons. The Balaban J connectivity index is 1.72. The van der Waals surface area contributed by atoms with Crippen LogP contribution >= 0.6 is 11.3 Å². The summed E-state index contributed by atoms with van der Waals surface area (Å²) in [6, 6.07) is 1.63. The molecule has 2 aromatic rings. The lowest BCUT2D eigenvalue weighted by atomic mass is 10.3. The smallest absolute Gasteiger partial charge is 0.350 e. The Morgan fingerprint density at radius 3 is 2.85 bits per heavy atom. The average Bonchev–Trinajstić information content (AvgIpc) is 3.03. The van der Waals surface area contributed by atoms with Crippen LogP contribution in [0.3, 0.4) is 0 Å². The Morgan fingerprint density at radius 1 is 1.35 bits per heavy atom. The summed E-state index contributed by atoms with van der Waals surface area (Å²) in [6.45, 7) is 6.39. The van der Waals surface area contributed by atoms with Gasteiger partial charge in [-0.05, 0) is 13.8 Å². The molecule has 3 rings (SSSR count). The number of esters is 1. The monoisotopic (exact) mass is 377 g/mol. The second-order valence-electron chi connectivity index (χ2n) is 5.47. The largest absolute Gasteiger partial charge is 0.462 e. The maximum atomic E-state index is 12.5. The lowest BCUT2D eigenvalue weighted by Crippen LogP contribution is -2.37. The Hall–Kier alpha value is -2.59. The highest BCUT2D eigenvalue weighted by molar-refractivity contribution is 7.17. The summed E-state index contributed by atoms with van der Waals surface area (Å²) in [5.41, 5.74) is 0.743. The van der Waals surface area contributed by atoms with Crippen molar-refractivity contribution in [3.8, 4) is 0 Å². The van der Waals surface area contributed by atoms with E-state index in [-0.39, 0.29) is 12.3 Å². The molecular weight excluding hydrogens is 358 g/mol. The molecule has 1 amide bonds. The van der Waals surface area contributed by atoms with Crippen molar-refractivity contribution in [1.29, 1.82) is 0 Å². The number of nitrogens with one attached hydrogen (secondary N) is 1. The van der Waals surface area contributed by atoms with Crippen molar-refractivity contribution in [2.45, 2.75) is 13.8 Å². The van der Waals surface area contributed by atoms with E-state index in [1.807, 2.05) is 4.90 Å². The third-order valence-electron chi connectivity index (χ3n) is 3.70. The minimum Gasteiger partial charge on any atom is -0.462 e. The summed E-state index contributed by atoms with van der Waals surface area (Å²) < 4.78 is 10.3. The first-order valence-electron chi connectivity index (χ1n) is 8.19. The quantitative estimate of drug-likeness (QED) is 0.782. The SMILES string of the molecule is CCOC(=O)c1sc(NC(=O)c2cc(N3CCOCC3)ncn2)nc1C. The number of hydrogen-bond donors (Lipinski definition) is 1. The van der Waals surface area contributed by atoms with Gasteiger partial charge in [-0.3, -0.25) is 10.1 Å². The minimum atomic E-state index is -0.445. The second-order valence-corrected chi connectivity index (χ2v) is 6.47. The van der Waals surface area contributed by atoms with E-state index in [0.717, 1.165) is 11.3 Å². The minimum absolute atomic E-state index is 0.229. The van der Waals surface area contributed by atoms with E-state index in [9.17, 15) is 9.59 Å². The highest BCUT2D eigenvalue weighted by Gasteiger charge is 2.19. The van der Waals surface area contributed by atoms with Gasteiger partial charge in [0.15, 0.2) is 5.13 Å². The number of nitrogens with zero attached hydrogens (tertiary/aromatic N) is 4. The fraction of sp³-hybridized carbons (Fsp3) is 0.438. The van der Waals surface area contributed by atoms with Gasteiger partial charge in [0, 0.05) is 19.2 Å². The van der Waals surface area contributed by atoms with Crippen LogP contribution in [0.5, 0.6) is 0 Å². The molecule has 0 saturated carbocycles. The van der Waals surface area contributed by atoms with Gasteiger partial charge in [0.25, 0.3) is 5.91 Å². The Labute approximate surface area is 154 Å². The number of amides is 1. The molecule has 1 aliphatic rings. The molecule has 0 unspecified atom stereocenters. The summed E-state index contributed by atoms with van der Waals surface area (Å²) in [4.78, 5) is 39.2. The average molecular weight is 377 g/mol. The first-order valence-corrected chi connectivity index (χ1v) is 9.00. The normalized spacial score (nSPS) is 14.2. The molecule has 0 bridgehead atoms. The Morgan fingerprint density at radius 2 is 2.12 bits per heavy atom. The topological polar surface area (TPSA) is 107 Å². The van der Waals surface area contributed by atoms with Crippen molar-refractivity contribution in [1.82, 2.24) is 15.0 Å². The molecule has 9 nitrogen and oxygen atoms in total. The summed E-state index contributed by atoms with van der Waals surface area (Å²) in [7, 11) is 0.